The first-order valence-electron chi connectivity index (χ1n) is 12.5. The minimum atomic E-state index is -0.599. The van der Waals surface area contributed by atoms with Crippen LogP contribution in [-0.2, 0) is 6.42 Å². The molecule has 0 spiro atoms. The number of benzene rings is 1. The van der Waals surface area contributed by atoms with Crippen molar-refractivity contribution in [2.45, 2.75) is 38.6 Å². The summed E-state index contributed by atoms with van der Waals surface area (Å²) in [5.74, 6) is 1.27. The van der Waals surface area contributed by atoms with Gasteiger partial charge in [0.05, 0.1) is 6.54 Å². The molecule has 1 unspecified atom stereocenters. The number of allylic oxidation sites excluding steroid dienone is 1. The molecule has 36 heavy (non-hydrogen) atoms. The van der Waals surface area contributed by atoms with Crippen molar-refractivity contribution >= 4 is 23.5 Å². The normalized spacial score (nSPS) is 21.0. The molecule has 1 saturated heterocycles. The predicted octanol–water partition coefficient (Wildman–Crippen LogP) is 4.81. The van der Waals surface area contributed by atoms with E-state index < -0.39 is 11.6 Å². The number of fused-ring (bicyclic) bond motifs is 1. The Labute approximate surface area is 209 Å². The van der Waals surface area contributed by atoms with Gasteiger partial charge >= 0.3 is 6.01 Å². The van der Waals surface area contributed by atoms with Gasteiger partial charge in [0.2, 0.25) is 0 Å². The van der Waals surface area contributed by atoms with Gasteiger partial charge in [0, 0.05) is 42.4 Å². The third-order valence-electron chi connectivity index (χ3n) is 7.39. The molecule has 0 radical (unpaired) electrons. The SMILES string of the molecule is CC1=Cc2c(F)c(Oc3nc(NC4=NCC(C5CC5)=C4)cc(N4CCC(N(C)C)C4)n3)cc(F)c2C1. The summed E-state index contributed by atoms with van der Waals surface area (Å²) >= 11 is 0. The van der Waals surface area contributed by atoms with Gasteiger partial charge < -0.3 is 19.9 Å². The monoisotopic (exact) mass is 492 g/mol. The lowest BCUT2D eigenvalue weighted by Gasteiger charge is -2.22. The molecule has 6 rings (SSSR count). The topological polar surface area (TPSA) is 65.9 Å². The summed E-state index contributed by atoms with van der Waals surface area (Å²) in [5, 5.41) is 3.28. The van der Waals surface area contributed by atoms with Crippen LogP contribution in [0.4, 0.5) is 20.4 Å². The van der Waals surface area contributed by atoms with Crippen LogP contribution in [0.15, 0.2) is 34.3 Å². The van der Waals surface area contributed by atoms with Gasteiger partial charge in [-0.2, -0.15) is 9.97 Å². The Morgan fingerprint density at radius 3 is 2.69 bits per heavy atom. The number of anilines is 2. The Kier molecular flexibility index (Phi) is 5.75. The maximum Gasteiger partial charge on any atom is 0.326 e. The van der Waals surface area contributed by atoms with E-state index in [-0.39, 0.29) is 17.3 Å². The molecule has 3 heterocycles. The van der Waals surface area contributed by atoms with Gasteiger partial charge in [0.25, 0.3) is 0 Å². The first-order valence-corrected chi connectivity index (χ1v) is 12.5. The van der Waals surface area contributed by atoms with E-state index in [9.17, 15) is 4.39 Å². The summed E-state index contributed by atoms with van der Waals surface area (Å²) in [6, 6.07) is 3.32. The average Bonchev–Trinajstić information content (AvgIpc) is 3.21. The Morgan fingerprint density at radius 1 is 1.11 bits per heavy atom. The van der Waals surface area contributed by atoms with Crippen LogP contribution in [0.25, 0.3) is 6.08 Å². The second kappa shape index (κ2) is 8.96. The van der Waals surface area contributed by atoms with Crippen LogP contribution in [0, 0.1) is 17.6 Å². The predicted molar refractivity (Wildman–Crippen MR) is 137 cm³/mol. The second-order valence-corrected chi connectivity index (χ2v) is 10.4. The van der Waals surface area contributed by atoms with Crippen molar-refractivity contribution in [2.75, 3.05) is 43.9 Å². The van der Waals surface area contributed by atoms with Crippen molar-refractivity contribution in [3.05, 3.63) is 52.1 Å². The van der Waals surface area contributed by atoms with E-state index in [0.29, 0.717) is 42.1 Å². The van der Waals surface area contributed by atoms with E-state index in [2.05, 4.69) is 50.2 Å². The lowest BCUT2D eigenvalue weighted by atomic mass is 10.1. The fourth-order valence-corrected chi connectivity index (χ4v) is 5.15. The Balaban J connectivity index is 1.32. The number of hydrogen-bond acceptors (Lipinski definition) is 7. The molecule has 188 valence electrons. The van der Waals surface area contributed by atoms with Gasteiger partial charge in [0.1, 0.15) is 23.3 Å². The van der Waals surface area contributed by atoms with E-state index >= 15 is 4.39 Å². The number of ether oxygens (including phenoxy) is 1. The molecule has 1 aromatic carbocycles. The number of amidine groups is 1. The van der Waals surface area contributed by atoms with Gasteiger partial charge in [-0.05, 0) is 64.3 Å². The van der Waals surface area contributed by atoms with Gasteiger partial charge in [-0.25, -0.2) is 8.78 Å². The van der Waals surface area contributed by atoms with E-state index in [4.69, 9.17) is 4.74 Å². The molecule has 1 aromatic heterocycles. The van der Waals surface area contributed by atoms with Crippen molar-refractivity contribution in [3.8, 4) is 11.8 Å². The van der Waals surface area contributed by atoms with Crippen LogP contribution in [0.3, 0.4) is 0 Å². The van der Waals surface area contributed by atoms with Crippen molar-refractivity contribution < 1.29 is 13.5 Å². The van der Waals surface area contributed by atoms with Crippen molar-refractivity contribution in [3.63, 3.8) is 0 Å². The highest BCUT2D eigenvalue weighted by Gasteiger charge is 2.29. The van der Waals surface area contributed by atoms with Crippen LogP contribution < -0.4 is 15.0 Å². The largest absolute Gasteiger partial charge is 0.421 e. The van der Waals surface area contributed by atoms with E-state index in [1.807, 2.05) is 13.0 Å². The summed E-state index contributed by atoms with van der Waals surface area (Å²) in [6.45, 7) is 4.20. The fourth-order valence-electron chi connectivity index (χ4n) is 5.15. The van der Waals surface area contributed by atoms with Gasteiger partial charge in [0.15, 0.2) is 11.6 Å². The molecular formula is C27H30F2N6O. The average molecular weight is 493 g/mol. The highest BCUT2D eigenvalue weighted by molar-refractivity contribution is 6.05. The highest BCUT2D eigenvalue weighted by Crippen LogP contribution is 2.38. The Hall–Kier alpha value is -3.33. The quantitative estimate of drug-likeness (QED) is 0.625. The minimum absolute atomic E-state index is 0.0368. The number of aliphatic imine (C=N–C) groups is 1. The number of rotatable bonds is 6. The van der Waals surface area contributed by atoms with Crippen LogP contribution >= 0.6 is 0 Å². The van der Waals surface area contributed by atoms with E-state index in [1.165, 1.54) is 18.4 Å². The Bertz CT molecular complexity index is 1310. The molecule has 2 aromatic rings. The number of nitrogens with zero attached hydrogens (tertiary/aromatic N) is 5. The molecule has 2 aliphatic carbocycles. The zero-order valence-corrected chi connectivity index (χ0v) is 20.8. The zero-order chi connectivity index (χ0) is 25.0. The first kappa shape index (κ1) is 23.1. The molecule has 7 nitrogen and oxygen atoms in total. The third kappa shape index (κ3) is 4.48. The summed E-state index contributed by atoms with van der Waals surface area (Å²) in [7, 11) is 4.14. The van der Waals surface area contributed by atoms with Crippen LogP contribution in [0.1, 0.15) is 37.3 Å². The molecule has 1 atom stereocenters. The molecule has 0 bridgehead atoms. The number of aromatic nitrogens is 2. The lowest BCUT2D eigenvalue weighted by Crippen LogP contribution is -2.31. The third-order valence-corrected chi connectivity index (χ3v) is 7.39. The van der Waals surface area contributed by atoms with Crippen LogP contribution in [0.2, 0.25) is 0 Å². The number of likely N-dealkylation sites (N-methyl/N-ethyl adjacent to an activating group) is 1. The second-order valence-electron chi connectivity index (χ2n) is 10.4. The van der Waals surface area contributed by atoms with E-state index in [1.54, 1.807) is 6.08 Å². The number of hydrogen-bond donors (Lipinski definition) is 1. The molecule has 9 heteroatoms. The van der Waals surface area contributed by atoms with Crippen LogP contribution in [0.5, 0.6) is 11.8 Å². The maximum absolute atomic E-state index is 15.3. The summed E-state index contributed by atoms with van der Waals surface area (Å²) in [5.41, 5.74) is 2.85. The molecule has 1 saturated carbocycles. The molecule has 1 N–H and O–H groups in total. The Morgan fingerprint density at radius 2 is 1.94 bits per heavy atom. The van der Waals surface area contributed by atoms with Crippen molar-refractivity contribution in [1.29, 1.82) is 0 Å². The highest BCUT2D eigenvalue weighted by atomic mass is 19.1. The zero-order valence-electron chi connectivity index (χ0n) is 20.8. The summed E-state index contributed by atoms with van der Waals surface area (Å²) in [4.78, 5) is 18.0. The number of nitrogens with one attached hydrogen (secondary N) is 1. The smallest absolute Gasteiger partial charge is 0.326 e. The molecule has 0 amide bonds. The minimum Gasteiger partial charge on any atom is -0.421 e. The fraction of sp³-hybridized carbons (Fsp3) is 0.444. The van der Waals surface area contributed by atoms with Gasteiger partial charge in [-0.1, -0.05) is 11.6 Å². The molecule has 4 aliphatic rings. The van der Waals surface area contributed by atoms with Gasteiger partial charge in [-0.3, -0.25) is 4.99 Å². The number of halogens is 2. The van der Waals surface area contributed by atoms with Crippen molar-refractivity contribution in [2.24, 2.45) is 10.9 Å². The summed E-state index contributed by atoms with van der Waals surface area (Å²) in [6.07, 6.45) is 7.61. The summed E-state index contributed by atoms with van der Waals surface area (Å²) < 4.78 is 35.8. The van der Waals surface area contributed by atoms with E-state index in [0.717, 1.165) is 37.0 Å². The van der Waals surface area contributed by atoms with Gasteiger partial charge in [-0.15, -0.1) is 0 Å². The van der Waals surface area contributed by atoms with Crippen molar-refractivity contribution in [1.82, 2.24) is 14.9 Å². The first-order chi connectivity index (χ1) is 17.3. The standard InChI is InChI=1S/C27H30F2N6O/c1-15-8-19-20(9-15)26(29)22(11-21(19)28)36-27-32-24(31-23-10-17(13-30-23)16-4-5-16)12-25(33-27)35-7-6-18(14-35)34(2)3/h9-12,16,18H,4-8,13-14H2,1-3H3,(H,30,31,32,33). The van der Waals surface area contributed by atoms with Crippen LogP contribution in [-0.4, -0.2) is 60.5 Å². The maximum atomic E-state index is 15.3. The molecule has 2 aliphatic heterocycles. The lowest BCUT2D eigenvalue weighted by molar-refractivity contribution is 0.315. The molecular weight excluding hydrogens is 462 g/mol. The molecule has 2 fully saturated rings.